The summed E-state index contributed by atoms with van der Waals surface area (Å²) in [4.78, 5) is 11.7. The van der Waals surface area contributed by atoms with Gasteiger partial charge < -0.3 is 5.11 Å². The van der Waals surface area contributed by atoms with Crippen molar-refractivity contribution in [3.63, 3.8) is 0 Å². The molecule has 1 aliphatic carbocycles. The third-order valence-corrected chi connectivity index (χ3v) is 4.42. The average Bonchev–Trinajstić information content (AvgIpc) is 2.40. The Hall–Kier alpha value is -0.370. The zero-order valence-corrected chi connectivity index (χ0v) is 12.7. The van der Waals surface area contributed by atoms with Crippen LogP contribution in [0.5, 0.6) is 0 Å². The highest BCUT2D eigenvalue weighted by molar-refractivity contribution is 5.82. The number of Topliss-reactive ketones (excluding diaryl/α,β-unsaturated/α-hetero) is 1. The summed E-state index contributed by atoms with van der Waals surface area (Å²) < 4.78 is 0. The van der Waals surface area contributed by atoms with Crippen molar-refractivity contribution in [2.75, 3.05) is 0 Å². The van der Waals surface area contributed by atoms with Gasteiger partial charge in [-0.1, -0.05) is 64.7 Å². The molecular weight excluding hydrogens is 236 g/mol. The Bertz CT molecular complexity index is 237. The van der Waals surface area contributed by atoms with Gasteiger partial charge in [0.15, 0.2) is 0 Å². The number of ketones is 1. The molecule has 1 N–H and O–H groups in total. The zero-order valence-electron chi connectivity index (χ0n) is 12.7. The molecule has 0 aromatic carbocycles. The van der Waals surface area contributed by atoms with Gasteiger partial charge in [0.25, 0.3) is 0 Å². The molecule has 0 heterocycles. The van der Waals surface area contributed by atoms with E-state index in [1.165, 1.54) is 51.4 Å². The van der Waals surface area contributed by atoms with Gasteiger partial charge in [0.2, 0.25) is 0 Å². The van der Waals surface area contributed by atoms with Crippen LogP contribution in [0.25, 0.3) is 0 Å². The molecule has 0 aromatic heterocycles. The van der Waals surface area contributed by atoms with Crippen molar-refractivity contribution in [1.29, 1.82) is 0 Å². The molecule has 0 bridgehead atoms. The van der Waals surface area contributed by atoms with Crippen LogP contribution in [0.15, 0.2) is 0 Å². The van der Waals surface area contributed by atoms with Gasteiger partial charge in [0.1, 0.15) is 5.78 Å². The lowest BCUT2D eigenvalue weighted by Crippen LogP contribution is -2.32. The van der Waals surface area contributed by atoms with E-state index in [1.54, 1.807) is 0 Å². The highest BCUT2D eigenvalue weighted by Crippen LogP contribution is 2.26. The maximum absolute atomic E-state index is 11.7. The van der Waals surface area contributed by atoms with Crippen LogP contribution in [0.4, 0.5) is 0 Å². The van der Waals surface area contributed by atoms with Gasteiger partial charge in [0, 0.05) is 12.3 Å². The molecule has 0 amide bonds. The number of hydrogen-bond donors (Lipinski definition) is 1. The zero-order chi connectivity index (χ0) is 13.9. The van der Waals surface area contributed by atoms with Crippen LogP contribution < -0.4 is 0 Å². The van der Waals surface area contributed by atoms with E-state index in [0.29, 0.717) is 12.2 Å². The summed E-state index contributed by atoms with van der Waals surface area (Å²) in [5, 5.41) is 9.84. The molecule has 1 saturated carbocycles. The van der Waals surface area contributed by atoms with Gasteiger partial charge in [0.05, 0.1) is 6.10 Å². The molecule has 2 nitrogen and oxygen atoms in total. The minimum atomic E-state index is -0.352. The first-order chi connectivity index (χ1) is 9.25. The van der Waals surface area contributed by atoms with Crippen LogP contribution in [0.2, 0.25) is 0 Å². The van der Waals surface area contributed by atoms with Crippen molar-refractivity contribution in [2.24, 2.45) is 5.92 Å². The maximum atomic E-state index is 11.7. The number of unbranched alkanes of at least 4 members (excludes halogenated alkanes) is 8. The lowest BCUT2D eigenvalue weighted by molar-refractivity contribution is -0.129. The average molecular weight is 268 g/mol. The van der Waals surface area contributed by atoms with E-state index < -0.39 is 0 Å². The van der Waals surface area contributed by atoms with Crippen LogP contribution in [0.1, 0.15) is 90.4 Å². The van der Waals surface area contributed by atoms with E-state index in [4.69, 9.17) is 0 Å². The second kappa shape index (κ2) is 10.4. The van der Waals surface area contributed by atoms with Crippen molar-refractivity contribution >= 4 is 5.78 Å². The quantitative estimate of drug-likeness (QED) is 0.586. The lowest BCUT2D eigenvalue weighted by Gasteiger charge is -2.26. The molecular formula is C17H32O2. The molecule has 2 heteroatoms. The van der Waals surface area contributed by atoms with Crippen molar-refractivity contribution in [2.45, 2.75) is 96.5 Å². The molecule has 0 aromatic rings. The topological polar surface area (TPSA) is 37.3 Å². The molecule has 0 saturated heterocycles. The number of hydrogen-bond acceptors (Lipinski definition) is 2. The molecule has 112 valence electrons. The number of rotatable bonds is 10. The number of aliphatic hydroxyl groups excluding tert-OH is 1. The van der Waals surface area contributed by atoms with Crippen molar-refractivity contribution < 1.29 is 9.90 Å². The molecule has 2 atom stereocenters. The number of carbonyl (C=O) groups is 1. The second-order valence-electron chi connectivity index (χ2n) is 6.15. The van der Waals surface area contributed by atoms with Crippen LogP contribution in [0.3, 0.4) is 0 Å². The fourth-order valence-corrected chi connectivity index (χ4v) is 3.11. The molecule has 1 aliphatic rings. The molecule has 2 unspecified atom stereocenters. The SMILES string of the molecule is CCCCCCCCCCCC1C(=O)CCCC1O. The van der Waals surface area contributed by atoms with E-state index in [2.05, 4.69) is 6.92 Å². The van der Waals surface area contributed by atoms with Crippen LogP contribution in [-0.2, 0) is 4.79 Å². The predicted molar refractivity (Wildman–Crippen MR) is 80.2 cm³/mol. The number of carbonyl (C=O) groups excluding carboxylic acids is 1. The van der Waals surface area contributed by atoms with Gasteiger partial charge in [-0.15, -0.1) is 0 Å². The highest BCUT2D eigenvalue weighted by atomic mass is 16.3. The fourth-order valence-electron chi connectivity index (χ4n) is 3.11. The van der Waals surface area contributed by atoms with E-state index in [-0.39, 0.29) is 12.0 Å². The summed E-state index contributed by atoms with van der Waals surface area (Å²) in [6.45, 7) is 2.25. The molecule has 1 rings (SSSR count). The minimum absolute atomic E-state index is 0.0432. The Kier molecular flexibility index (Phi) is 9.15. The Morgan fingerprint density at radius 1 is 1.00 bits per heavy atom. The second-order valence-corrected chi connectivity index (χ2v) is 6.15. The maximum Gasteiger partial charge on any atom is 0.138 e. The van der Waals surface area contributed by atoms with E-state index in [9.17, 15) is 9.90 Å². The standard InChI is InChI=1S/C17H32O2/c1-2-3-4-5-6-7-8-9-10-12-15-16(18)13-11-14-17(15)19/h15-16,18H,2-14H2,1H3. The number of aliphatic hydroxyl groups is 1. The van der Waals surface area contributed by atoms with Gasteiger partial charge in [-0.25, -0.2) is 0 Å². The Balaban J connectivity index is 1.94. The lowest BCUT2D eigenvalue weighted by atomic mass is 9.82. The molecule has 1 fully saturated rings. The van der Waals surface area contributed by atoms with Gasteiger partial charge >= 0.3 is 0 Å². The first-order valence-electron chi connectivity index (χ1n) is 8.46. The molecule has 19 heavy (non-hydrogen) atoms. The van der Waals surface area contributed by atoms with E-state index >= 15 is 0 Å². The smallest absolute Gasteiger partial charge is 0.138 e. The van der Waals surface area contributed by atoms with Crippen LogP contribution in [0, 0.1) is 5.92 Å². The summed E-state index contributed by atoms with van der Waals surface area (Å²) in [5.41, 5.74) is 0. The van der Waals surface area contributed by atoms with Gasteiger partial charge in [-0.05, 0) is 19.3 Å². The van der Waals surface area contributed by atoms with Crippen molar-refractivity contribution in [3.8, 4) is 0 Å². The molecule has 0 aliphatic heterocycles. The first-order valence-corrected chi connectivity index (χ1v) is 8.46. The third-order valence-electron chi connectivity index (χ3n) is 4.42. The molecule has 0 radical (unpaired) electrons. The van der Waals surface area contributed by atoms with Gasteiger partial charge in [-0.3, -0.25) is 4.79 Å². The largest absolute Gasteiger partial charge is 0.392 e. The normalized spacial score (nSPS) is 23.8. The van der Waals surface area contributed by atoms with E-state index in [1.807, 2.05) is 0 Å². The van der Waals surface area contributed by atoms with Crippen molar-refractivity contribution in [3.05, 3.63) is 0 Å². The summed E-state index contributed by atoms with van der Waals surface area (Å²) >= 11 is 0. The summed E-state index contributed by atoms with van der Waals surface area (Å²) in [6.07, 6.45) is 14.8. The minimum Gasteiger partial charge on any atom is -0.392 e. The highest BCUT2D eigenvalue weighted by Gasteiger charge is 2.29. The van der Waals surface area contributed by atoms with Crippen LogP contribution >= 0.6 is 0 Å². The Morgan fingerprint density at radius 3 is 2.16 bits per heavy atom. The predicted octanol–water partition coefficient (Wildman–Crippen LogP) is 4.64. The van der Waals surface area contributed by atoms with E-state index in [0.717, 1.165) is 25.7 Å². The molecule has 0 spiro atoms. The third kappa shape index (κ3) is 7.10. The summed E-state index contributed by atoms with van der Waals surface area (Å²) in [6, 6.07) is 0. The van der Waals surface area contributed by atoms with Crippen LogP contribution in [-0.4, -0.2) is 17.0 Å². The first kappa shape index (κ1) is 16.7. The van der Waals surface area contributed by atoms with Crippen molar-refractivity contribution in [1.82, 2.24) is 0 Å². The Morgan fingerprint density at radius 2 is 1.58 bits per heavy atom. The fraction of sp³-hybridized carbons (Fsp3) is 0.941. The summed E-state index contributed by atoms with van der Waals surface area (Å²) in [7, 11) is 0. The summed E-state index contributed by atoms with van der Waals surface area (Å²) in [5.74, 6) is 0.261. The monoisotopic (exact) mass is 268 g/mol. The van der Waals surface area contributed by atoms with Gasteiger partial charge in [-0.2, -0.15) is 0 Å². The Labute approximate surface area is 119 Å².